The molecule has 0 heterocycles. The zero-order valence-electron chi connectivity index (χ0n) is 22.9. The first kappa shape index (κ1) is 29.3. The number of aryl methyl sites for hydroxylation is 1. The van der Waals surface area contributed by atoms with Crippen LogP contribution in [0, 0.1) is 12.8 Å². The summed E-state index contributed by atoms with van der Waals surface area (Å²) in [6.07, 6.45) is 1.05. The van der Waals surface area contributed by atoms with Crippen molar-refractivity contribution in [2.24, 2.45) is 5.92 Å². The number of alkyl carbamates (subject to hydrolysis) is 1. The number of para-hydroxylation sites is 2. The molecule has 0 saturated heterocycles. The zero-order valence-corrected chi connectivity index (χ0v) is 23.6. The summed E-state index contributed by atoms with van der Waals surface area (Å²) in [6.45, 7) is 11.0. The topological polar surface area (TPSA) is 108 Å². The minimum Gasteiger partial charge on any atom is -0.508 e. The summed E-state index contributed by atoms with van der Waals surface area (Å²) in [5.41, 5.74) is 0.746. The van der Waals surface area contributed by atoms with E-state index in [0.29, 0.717) is 30.0 Å². The largest absolute Gasteiger partial charge is 0.508 e. The van der Waals surface area contributed by atoms with Crippen molar-refractivity contribution in [2.75, 3.05) is 5.32 Å². The molecule has 2 aromatic rings. The number of anilines is 1. The van der Waals surface area contributed by atoms with Gasteiger partial charge < -0.3 is 25.4 Å². The summed E-state index contributed by atoms with van der Waals surface area (Å²) in [4.78, 5) is 42.2. The summed E-state index contributed by atoms with van der Waals surface area (Å²) < 4.78 is 5.42. The second-order valence-electron chi connectivity index (χ2n) is 11.2. The van der Waals surface area contributed by atoms with E-state index in [1.165, 1.54) is 11.0 Å². The van der Waals surface area contributed by atoms with Crippen LogP contribution in [0.25, 0.3) is 0 Å². The summed E-state index contributed by atoms with van der Waals surface area (Å²) >= 11 is 6.38. The van der Waals surface area contributed by atoms with Crippen LogP contribution < -0.4 is 10.6 Å². The number of hydrogen-bond donors (Lipinski definition) is 3. The lowest BCUT2D eigenvalue weighted by molar-refractivity contribution is -0.141. The number of carbonyl (C=O) groups is 3. The van der Waals surface area contributed by atoms with Crippen molar-refractivity contribution in [1.82, 2.24) is 10.2 Å². The molecule has 1 aliphatic rings. The van der Waals surface area contributed by atoms with Crippen molar-refractivity contribution in [3.63, 3.8) is 0 Å². The van der Waals surface area contributed by atoms with Gasteiger partial charge in [-0.3, -0.25) is 9.59 Å². The Morgan fingerprint density at radius 3 is 2.32 bits per heavy atom. The Morgan fingerprint density at radius 2 is 1.76 bits per heavy atom. The third kappa shape index (κ3) is 7.63. The molecule has 0 spiro atoms. The van der Waals surface area contributed by atoms with Crippen LogP contribution in [0.2, 0.25) is 5.02 Å². The van der Waals surface area contributed by atoms with Crippen LogP contribution in [0.1, 0.15) is 71.0 Å². The number of carbonyl (C=O) groups excluding carboxylic acids is 3. The van der Waals surface area contributed by atoms with E-state index >= 15 is 0 Å². The van der Waals surface area contributed by atoms with E-state index in [9.17, 15) is 19.5 Å². The van der Waals surface area contributed by atoms with Crippen LogP contribution in [-0.2, 0) is 14.3 Å². The molecule has 0 radical (unpaired) electrons. The minimum atomic E-state index is -1.15. The molecular formula is C29H38ClN3O5. The Balaban J connectivity index is 2.03. The Labute approximate surface area is 229 Å². The number of nitrogens with zero attached hydrogens (tertiary/aromatic N) is 1. The molecule has 2 atom stereocenters. The molecule has 1 saturated carbocycles. The van der Waals surface area contributed by atoms with Crippen molar-refractivity contribution in [2.45, 2.75) is 84.5 Å². The molecule has 206 valence electrons. The summed E-state index contributed by atoms with van der Waals surface area (Å²) in [6, 6.07) is 9.45. The number of aromatic hydroxyl groups is 1. The SMILES string of the molecule is Cc1cccc(Cl)c1NC(=O)C(c1ccccc1O)N(C(=O)C(CC(C)C)NC(=O)OC(C)(C)C)C1CC1. The summed E-state index contributed by atoms with van der Waals surface area (Å²) in [5.74, 6) is -0.958. The normalized spacial score (nSPS) is 14.9. The second kappa shape index (κ2) is 12.1. The van der Waals surface area contributed by atoms with Crippen molar-refractivity contribution < 1.29 is 24.2 Å². The molecule has 0 aliphatic heterocycles. The number of nitrogens with one attached hydrogen (secondary N) is 2. The maximum Gasteiger partial charge on any atom is 0.408 e. The van der Waals surface area contributed by atoms with Gasteiger partial charge in [0, 0.05) is 11.6 Å². The Bertz CT molecular complexity index is 1150. The molecule has 9 heteroatoms. The number of phenolic OH excluding ortho intramolecular Hbond substituents is 1. The molecule has 1 aliphatic carbocycles. The van der Waals surface area contributed by atoms with Gasteiger partial charge in [0.2, 0.25) is 5.91 Å². The fourth-order valence-electron chi connectivity index (χ4n) is 4.31. The Hall–Kier alpha value is -3.26. The average molecular weight is 544 g/mol. The van der Waals surface area contributed by atoms with Crippen LogP contribution in [0.15, 0.2) is 42.5 Å². The van der Waals surface area contributed by atoms with Crippen LogP contribution in [0.3, 0.4) is 0 Å². The molecule has 2 unspecified atom stereocenters. The van der Waals surface area contributed by atoms with Crippen LogP contribution >= 0.6 is 11.6 Å². The highest BCUT2D eigenvalue weighted by atomic mass is 35.5. The van der Waals surface area contributed by atoms with E-state index in [0.717, 1.165) is 5.56 Å². The number of hydrogen-bond acceptors (Lipinski definition) is 5. The van der Waals surface area contributed by atoms with Crippen molar-refractivity contribution >= 4 is 35.2 Å². The predicted octanol–water partition coefficient (Wildman–Crippen LogP) is 5.96. The van der Waals surface area contributed by atoms with Gasteiger partial charge in [-0.15, -0.1) is 0 Å². The first-order chi connectivity index (χ1) is 17.8. The fourth-order valence-corrected chi connectivity index (χ4v) is 4.58. The number of phenols is 1. The maximum atomic E-state index is 14.1. The zero-order chi connectivity index (χ0) is 28.2. The average Bonchev–Trinajstić information content (AvgIpc) is 3.63. The molecule has 8 nitrogen and oxygen atoms in total. The van der Waals surface area contributed by atoms with Gasteiger partial charge in [0.15, 0.2) is 0 Å². The fraction of sp³-hybridized carbons (Fsp3) is 0.483. The van der Waals surface area contributed by atoms with Gasteiger partial charge in [-0.1, -0.05) is 55.8 Å². The Kier molecular flexibility index (Phi) is 9.31. The van der Waals surface area contributed by atoms with E-state index in [1.807, 2.05) is 26.8 Å². The molecule has 2 aromatic carbocycles. The third-order valence-corrected chi connectivity index (χ3v) is 6.43. The van der Waals surface area contributed by atoms with E-state index in [4.69, 9.17) is 16.3 Å². The molecule has 0 bridgehead atoms. The quantitative estimate of drug-likeness (QED) is 0.361. The van der Waals surface area contributed by atoms with E-state index in [-0.39, 0.29) is 23.3 Å². The molecule has 3 rings (SSSR count). The second-order valence-corrected chi connectivity index (χ2v) is 11.6. The van der Waals surface area contributed by atoms with Crippen molar-refractivity contribution in [1.29, 1.82) is 0 Å². The van der Waals surface area contributed by atoms with E-state index in [1.54, 1.807) is 51.1 Å². The number of benzene rings is 2. The summed E-state index contributed by atoms with van der Waals surface area (Å²) in [5, 5.41) is 16.7. The highest BCUT2D eigenvalue weighted by Crippen LogP contribution is 2.39. The third-order valence-electron chi connectivity index (χ3n) is 6.12. The molecule has 1 fully saturated rings. The minimum absolute atomic E-state index is 0.0723. The number of amides is 3. The highest BCUT2D eigenvalue weighted by molar-refractivity contribution is 6.34. The van der Waals surface area contributed by atoms with E-state index in [2.05, 4.69) is 10.6 Å². The van der Waals surface area contributed by atoms with Crippen LogP contribution in [0.4, 0.5) is 10.5 Å². The highest BCUT2D eigenvalue weighted by Gasteiger charge is 2.45. The smallest absolute Gasteiger partial charge is 0.408 e. The van der Waals surface area contributed by atoms with Gasteiger partial charge in [-0.25, -0.2) is 4.79 Å². The van der Waals surface area contributed by atoms with Crippen molar-refractivity contribution in [3.8, 4) is 5.75 Å². The number of halogens is 1. The van der Waals surface area contributed by atoms with Gasteiger partial charge in [-0.05, 0) is 70.6 Å². The lowest BCUT2D eigenvalue weighted by Crippen LogP contribution is -2.53. The monoisotopic (exact) mass is 543 g/mol. The van der Waals surface area contributed by atoms with Gasteiger partial charge >= 0.3 is 6.09 Å². The lowest BCUT2D eigenvalue weighted by Gasteiger charge is -2.35. The maximum absolute atomic E-state index is 14.1. The standard InChI is InChI=1S/C29H38ClN3O5/c1-17(2)16-22(31-28(37)38-29(4,5)6)27(36)33(19-14-15-19)25(20-11-7-8-13-23(20)34)26(35)32-24-18(3)10-9-12-21(24)30/h7-13,17,19,22,25,34H,14-16H2,1-6H3,(H,31,37)(H,32,35). The van der Waals surface area contributed by atoms with Crippen LogP contribution in [0.5, 0.6) is 5.75 Å². The van der Waals surface area contributed by atoms with Gasteiger partial charge in [-0.2, -0.15) is 0 Å². The van der Waals surface area contributed by atoms with Gasteiger partial charge in [0.25, 0.3) is 5.91 Å². The van der Waals surface area contributed by atoms with E-state index < -0.39 is 35.6 Å². The Morgan fingerprint density at radius 1 is 1.11 bits per heavy atom. The molecule has 3 N–H and O–H groups in total. The molecular weight excluding hydrogens is 506 g/mol. The first-order valence-electron chi connectivity index (χ1n) is 12.9. The van der Waals surface area contributed by atoms with Gasteiger partial charge in [0.05, 0.1) is 10.7 Å². The van der Waals surface area contributed by atoms with Gasteiger partial charge in [0.1, 0.15) is 23.4 Å². The van der Waals surface area contributed by atoms with Crippen LogP contribution in [-0.4, -0.2) is 45.6 Å². The molecule has 38 heavy (non-hydrogen) atoms. The first-order valence-corrected chi connectivity index (χ1v) is 13.3. The molecule has 0 aromatic heterocycles. The lowest BCUT2D eigenvalue weighted by atomic mass is 9.98. The molecule has 3 amide bonds. The van der Waals surface area contributed by atoms with Crippen molar-refractivity contribution in [3.05, 3.63) is 58.6 Å². The predicted molar refractivity (Wildman–Crippen MR) is 148 cm³/mol. The number of ether oxygens (including phenoxy) is 1. The number of rotatable bonds is 9. The summed E-state index contributed by atoms with van der Waals surface area (Å²) in [7, 11) is 0.